The van der Waals surface area contributed by atoms with E-state index in [1.54, 1.807) is 0 Å². The minimum Gasteiger partial charge on any atom is -0.368 e. The smallest absolute Gasteiger partial charge is 0.319 e. The highest BCUT2D eigenvalue weighted by Crippen LogP contribution is 2.15. The Balaban J connectivity index is 2.42. The zero-order valence-electron chi connectivity index (χ0n) is 8.79. The Morgan fingerprint density at radius 1 is 1.12 bits per heavy atom. The summed E-state index contributed by atoms with van der Waals surface area (Å²) in [5.41, 5.74) is 11.3. The van der Waals surface area contributed by atoms with Crippen molar-refractivity contribution in [2.45, 2.75) is 0 Å². The van der Waals surface area contributed by atoms with E-state index in [1.807, 2.05) is 30.3 Å². The van der Waals surface area contributed by atoms with E-state index in [4.69, 9.17) is 11.5 Å². The number of aromatic nitrogens is 3. The molecular weight excluding hydrogens is 220 g/mol. The zero-order valence-corrected chi connectivity index (χ0v) is 8.79. The van der Waals surface area contributed by atoms with Crippen molar-refractivity contribution in [3.8, 4) is 11.4 Å². The van der Waals surface area contributed by atoms with Gasteiger partial charge in [0.25, 0.3) is 0 Å². The molecule has 0 fully saturated rings. The normalized spacial score (nSPS) is 9.88. The van der Waals surface area contributed by atoms with Gasteiger partial charge in [-0.05, 0) is 0 Å². The second-order valence-corrected chi connectivity index (χ2v) is 3.20. The first-order chi connectivity index (χ1) is 8.15. The molecule has 7 heteroatoms. The third-order valence-corrected chi connectivity index (χ3v) is 1.92. The number of carbonyl (C=O) groups is 1. The molecule has 17 heavy (non-hydrogen) atoms. The van der Waals surface area contributed by atoms with Gasteiger partial charge in [-0.3, -0.25) is 5.32 Å². The van der Waals surface area contributed by atoms with Crippen molar-refractivity contribution in [1.29, 1.82) is 0 Å². The number of primary amides is 1. The maximum Gasteiger partial charge on any atom is 0.319 e. The Kier molecular flexibility index (Phi) is 2.82. The first-order valence-corrected chi connectivity index (χ1v) is 4.78. The summed E-state index contributed by atoms with van der Waals surface area (Å²) in [6, 6.07) is 8.45. The zero-order chi connectivity index (χ0) is 12.3. The van der Waals surface area contributed by atoms with Gasteiger partial charge in [0.2, 0.25) is 11.9 Å². The highest BCUT2D eigenvalue weighted by molar-refractivity contribution is 5.86. The SMILES string of the molecule is NC(=O)Nc1nc(N)nc(-c2ccccc2)n1. The maximum atomic E-state index is 10.7. The van der Waals surface area contributed by atoms with Crippen molar-refractivity contribution < 1.29 is 4.79 Å². The second kappa shape index (κ2) is 4.44. The van der Waals surface area contributed by atoms with Gasteiger partial charge in [0, 0.05) is 5.56 Å². The predicted molar refractivity (Wildman–Crippen MR) is 62.9 cm³/mol. The third kappa shape index (κ3) is 2.65. The minimum absolute atomic E-state index is 0.0163. The Morgan fingerprint density at radius 3 is 2.47 bits per heavy atom. The molecule has 1 heterocycles. The summed E-state index contributed by atoms with van der Waals surface area (Å²) in [6.07, 6.45) is 0. The monoisotopic (exact) mass is 230 g/mol. The number of urea groups is 1. The lowest BCUT2D eigenvalue weighted by Gasteiger charge is -2.04. The van der Waals surface area contributed by atoms with Gasteiger partial charge in [-0.25, -0.2) is 4.79 Å². The molecule has 0 unspecified atom stereocenters. The highest BCUT2D eigenvalue weighted by Gasteiger charge is 2.07. The van der Waals surface area contributed by atoms with Gasteiger partial charge in [-0.2, -0.15) is 15.0 Å². The van der Waals surface area contributed by atoms with Gasteiger partial charge < -0.3 is 11.5 Å². The number of hydrogen-bond donors (Lipinski definition) is 3. The Hall–Kier alpha value is -2.70. The van der Waals surface area contributed by atoms with E-state index in [0.29, 0.717) is 5.82 Å². The fourth-order valence-electron chi connectivity index (χ4n) is 1.27. The van der Waals surface area contributed by atoms with E-state index in [9.17, 15) is 4.79 Å². The fraction of sp³-hybridized carbons (Fsp3) is 0. The molecule has 0 spiro atoms. The van der Waals surface area contributed by atoms with Crippen LogP contribution in [0, 0.1) is 0 Å². The first kappa shape index (κ1) is 10.8. The molecule has 0 aliphatic carbocycles. The van der Waals surface area contributed by atoms with Gasteiger partial charge in [-0.1, -0.05) is 30.3 Å². The van der Waals surface area contributed by atoms with Crippen LogP contribution in [0.15, 0.2) is 30.3 Å². The van der Waals surface area contributed by atoms with Crippen molar-refractivity contribution in [1.82, 2.24) is 15.0 Å². The molecule has 1 aromatic carbocycles. The molecule has 2 aromatic rings. The van der Waals surface area contributed by atoms with Crippen LogP contribution in [0.25, 0.3) is 11.4 Å². The van der Waals surface area contributed by atoms with Crippen molar-refractivity contribution in [3.63, 3.8) is 0 Å². The van der Waals surface area contributed by atoms with Crippen molar-refractivity contribution in [3.05, 3.63) is 30.3 Å². The van der Waals surface area contributed by atoms with E-state index >= 15 is 0 Å². The summed E-state index contributed by atoms with van der Waals surface area (Å²) in [6.45, 7) is 0. The largest absolute Gasteiger partial charge is 0.368 e. The van der Waals surface area contributed by atoms with Crippen LogP contribution in [0.1, 0.15) is 0 Å². The lowest BCUT2D eigenvalue weighted by Crippen LogP contribution is -2.21. The van der Waals surface area contributed by atoms with Gasteiger partial charge in [0.15, 0.2) is 5.82 Å². The summed E-state index contributed by atoms with van der Waals surface area (Å²) in [5.74, 6) is 0.424. The van der Waals surface area contributed by atoms with Crippen LogP contribution in [0.5, 0.6) is 0 Å². The molecule has 2 amide bonds. The number of nitrogens with one attached hydrogen (secondary N) is 1. The van der Waals surface area contributed by atoms with E-state index in [-0.39, 0.29) is 11.9 Å². The van der Waals surface area contributed by atoms with E-state index in [0.717, 1.165) is 5.56 Å². The lowest BCUT2D eigenvalue weighted by atomic mass is 10.2. The average molecular weight is 230 g/mol. The summed E-state index contributed by atoms with van der Waals surface area (Å²) in [7, 11) is 0. The van der Waals surface area contributed by atoms with Gasteiger partial charge in [-0.15, -0.1) is 0 Å². The summed E-state index contributed by atoms with van der Waals surface area (Å²) in [4.78, 5) is 22.4. The average Bonchev–Trinajstić information content (AvgIpc) is 2.28. The number of nitrogens with zero attached hydrogens (tertiary/aromatic N) is 3. The molecule has 0 radical (unpaired) electrons. The number of carbonyl (C=O) groups excluding carboxylic acids is 1. The molecular formula is C10H10N6O. The van der Waals surface area contributed by atoms with E-state index in [2.05, 4.69) is 20.3 Å². The maximum absolute atomic E-state index is 10.7. The molecule has 7 nitrogen and oxygen atoms in total. The molecule has 5 N–H and O–H groups in total. The van der Waals surface area contributed by atoms with Crippen LogP contribution >= 0.6 is 0 Å². The van der Waals surface area contributed by atoms with Gasteiger partial charge in [0.05, 0.1) is 0 Å². The Labute approximate surface area is 96.9 Å². The van der Waals surface area contributed by atoms with E-state index < -0.39 is 6.03 Å². The molecule has 0 atom stereocenters. The summed E-state index contributed by atoms with van der Waals surface area (Å²) >= 11 is 0. The first-order valence-electron chi connectivity index (χ1n) is 4.78. The number of amides is 2. The number of hydrogen-bond acceptors (Lipinski definition) is 5. The summed E-state index contributed by atoms with van der Waals surface area (Å²) < 4.78 is 0. The molecule has 1 aromatic heterocycles. The van der Waals surface area contributed by atoms with Crippen molar-refractivity contribution in [2.24, 2.45) is 5.73 Å². The highest BCUT2D eigenvalue weighted by atomic mass is 16.2. The third-order valence-electron chi connectivity index (χ3n) is 1.92. The molecule has 0 saturated carbocycles. The standard InChI is InChI=1S/C10H10N6O/c11-8-13-7(6-4-2-1-3-5-6)14-10(15-8)16-9(12)17/h1-5H,(H5,11,12,13,14,15,16,17). The van der Waals surface area contributed by atoms with Crippen LogP contribution in [0.3, 0.4) is 0 Å². The predicted octanol–water partition coefficient (Wildman–Crippen LogP) is 0.611. The molecule has 0 aliphatic rings. The van der Waals surface area contributed by atoms with Crippen molar-refractivity contribution >= 4 is 17.9 Å². The van der Waals surface area contributed by atoms with Crippen LogP contribution in [0.4, 0.5) is 16.7 Å². The molecule has 86 valence electrons. The van der Waals surface area contributed by atoms with Crippen molar-refractivity contribution in [2.75, 3.05) is 11.1 Å². The van der Waals surface area contributed by atoms with Gasteiger partial charge in [0.1, 0.15) is 0 Å². The molecule has 2 rings (SSSR count). The fourth-order valence-corrected chi connectivity index (χ4v) is 1.27. The molecule has 0 saturated heterocycles. The number of nitrogen functional groups attached to an aromatic ring is 1. The van der Waals surface area contributed by atoms with Crippen LogP contribution in [-0.2, 0) is 0 Å². The number of benzene rings is 1. The Bertz CT molecular complexity index is 542. The van der Waals surface area contributed by atoms with E-state index in [1.165, 1.54) is 0 Å². The Morgan fingerprint density at radius 2 is 1.82 bits per heavy atom. The number of rotatable bonds is 2. The number of anilines is 2. The van der Waals surface area contributed by atoms with Crippen LogP contribution in [0.2, 0.25) is 0 Å². The molecule has 0 bridgehead atoms. The topological polar surface area (TPSA) is 120 Å². The number of nitrogens with two attached hydrogens (primary N) is 2. The minimum atomic E-state index is -0.755. The van der Waals surface area contributed by atoms with Gasteiger partial charge >= 0.3 is 6.03 Å². The summed E-state index contributed by atoms with van der Waals surface area (Å²) in [5, 5.41) is 2.25. The quantitative estimate of drug-likeness (QED) is 0.698. The lowest BCUT2D eigenvalue weighted by molar-refractivity contribution is 0.259. The second-order valence-electron chi connectivity index (χ2n) is 3.20. The molecule has 0 aliphatic heterocycles. The van der Waals surface area contributed by atoms with Crippen LogP contribution < -0.4 is 16.8 Å². The van der Waals surface area contributed by atoms with Crippen LogP contribution in [-0.4, -0.2) is 21.0 Å².